The molecule has 0 radical (unpaired) electrons. The van der Waals surface area contributed by atoms with E-state index < -0.39 is 0 Å². The number of ether oxygens (including phenoxy) is 1. The van der Waals surface area contributed by atoms with Crippen LogP contribution in [0.1, 0.15) is 17.3 Å². The summed E-state index contributed by atoms with van der Waals surface area (Å²) in [5.74, 6) is 0.851. The van der Waals surface area contributed by atoms with Gasteiger partial charge in [0.2, 0.25) is 0 Å². The van der Waals surface area contributed by atoms with E-state index in [1.165, 1.54) is 5.56 Å². The van der Waals surface area contributed by atoms with E-state index in [9.17, 15) is 0 Å². The quantitative estimate of drug-likeness (QED) is 0.888. The van der Waals surface area contributed by atoms with Gasteiger partial charge in [-0.15, -0.1) is 0 Å². The summed E-state index contributed by atoms with van der Waals surface area (Å²) in [6, 6.07) is 13.9. The summed E-state index contributed by atoms with van der Waals surface area (Å²) in [6.07, 6.45) is 1.68. The van der Waals surface area contributed by atoms with Crippen LogP contribution in [0.25, 0.3) is 0 Å². The van der Waals surface area contributed by atoms with Crippen molar-refractivity contribution in [1.29, 1.82) is 5.26 Å². The van der Waals surface area contributed by atoms with Crippen molar-refractivity contribution >= 4 is 5.69 Å². The van der Waals surface area contributed by atoms with Crippen molar-refractivity contribution in [3.05, 3.63) is 53.9 Å². The molecule has 114 valence electrons. The van der Waals surface area contributed by atoms with Crippen LogP contribution < -0.4 is 10.1 Å². The van der Waals surface area contributed by atoms with Crippen molar-refractivity contribution in [2.24, 2.45) is 0 Å². The van der Waals surface area contributed by atoms with Gasteiger partial charge in [-0.1, -0.05) is 12.1 Å². The van der Waals surface area contributed by atoms with E-state index in [4.69, 9.17) is 10.00 Å². The van der Waals surface area contributed by atoms with Crippen LogP contribution >= 0.6 is 0 Å². The van der Waals surface area contributed by atoms with E-state index >= 15 is 0 Å². The molecule has 5 heteroatoms. The van der Waals surface area contributed by atoms with Gasteiger partial charge in [-0.2, -0.15) is 5.26 Å². The molecule has 0 aliphatic carbocycles. The summed E-state index contributed by atoms with van der Waals surface area (Å²) >= 11 is 0. The Hall–Kier alpha value is -2.58. The fourth-order valence-corrected chi connectivity index (χ4v) is 2.23. The van der Waals surface area contributed by atoms with Crippen LogP contribution in [-0.2, 0) is 0 Å². The van der Waals surface area contributed by atoms with E-state index in [-0.39, 0.29) is 6.04 Å². The minimum absolute atomic E-state index is 0.200. The number of likely N-dealkylation sites (N-methyl/N-ethyl adjacent to an activating group) is 1. The number of anilines is 1. The molecule has 1 unspecified atom stereocenters. The lowest BCUT2D eigenvalue weighted by molar-refractivity contribution is 0.310. The van der Waals surface area contributed by atoms with Gasteiger partial charge >= 0.3 is 0 Å². The first-order chi connectivity index (χ1) is 10.6. The molecule has 0 saturated carbocycles. The molecule has 1 aromatic heterocycles. The molecule has 22 heavy (non-hydrogen) atoms. The lowest BCUT2D eigenvalue weighted by atomic mass is 10.1. The fraction of sp³-hybridized carbons (Fsp3) is 0.294. The number of methoxy groups -OCH3 is 1. The molecule has 0 bridgehead atoms. The number of aromatic nitrogens is 1. The van der Waals surface area contributed by atoms with Gasteiger partial charge in [0.1, 0.15) is 17.5 Å². The molecule has 1 aromatic carbocycles. The molecule has 2 aromatic rings. The van der Waals surface area contributed by atoms with E-state index in [0.29, 0.717) is 5.69 Å². The fourth-order valence-electron chi connectivity index (χ4n) is 2.23. The zero-order chi connectivity index (χ0) is 15.9. The smallest absolute Gasteiger partial charge is 0.140 e. The molecule has 0 amide bonds. The molecular weight excluding hydrogens is 276 g/mol. The van der Waals surface area contributed by atoms with Crippen molar-refractivity contribution in [2.45, 2.75) is 6.04 Å². The molecular formula is C17H20N4O. The van der Waals surface area contributed by atoms with Crippen molar-refractivity contribution in [3.63, 3.8) is 0 Å². The molecule has 5 nitrogen and oxygen atoms in total. The molecule has 0 aliphatic heterocycles. The van der Waals surface area contributed by atoms with Crippen LogP contribution in [0.15, 0.2) is 42.6 Å². The van der Waals surface area contributed by atoms with Gasteiger partial charge in [0.25, 0.3) is 0 Å². The second-order valence-corrected chi connectivity index (χ2v) is 5.18. The molecule has 2 rings (SSSR count). The lowest BCUT2D eigenvalue weighted by Crippen LogP contribution is -2.26. The Kier molecular flexibility index (Phi) is 5.34. The third-order valence-electron chi connectivity index (χ3n) is 3.48. The van der Waals surface area contributed by atoms with E-state index in [0.717, 1.165) is 18.0 Å². The standard InChI is InChI=1S/C17H20N4O/c1-21(2)17(13-5-4-6-16(9-13)22-3)12-20-15-8-7-14(10-18)19-11-15/h4-9,11,17,20H,12H2,1-3H3. The van der Waals surface area contributed by atoms with Crippen molar-refractivity contribution < 1.29 is 4.74 Å². The maximum absolute atomic E-state index is 8.77. The Morgan fingerprint density at radius 3 is 2.73 bits per heavy atom. The second-order valence-electron chi connectivity index (χ2n) is 5.18. The van der Waals surface area contributed by atoms with Crippen molar-refractivity contribution in [3.8, 4) is 11.8 Å². The zero-order valence-electron chi connectivity index (χ0n) is 13.1. The average molecular weight is 296 g/mol. The van der Waals surface area contributed by atoms with E-state index in [1.807, 2.05) is 44.4 Å². The topological polar surface area (TPSA) is 61.2 Å². The number of nitriles is 1. The van der Waals surface area contributed by atoms with Gasteiger partial charge in [-0.3, -0.25) is 0 Å². The zero-order valence-corrected chi connectivity index (χ0v) is 13.1. The van der Waals surface area contributed by atoms with Gasteiger partial charge < -0.3 is 15.0 Å². The third-order valence-corrected chi connectivity index (χ3v) is 3.48. The minimum Gasteiger partial charge on any atom is -0.497 e. The number of nitrogens with one attached hydrogen (secondary N) is 1. The van der Waals surface area contributed by atoms with Crippen LogP contribution in [-0.4, -0.2) is 37.6 Å². The highest BCUT2D eigenvalue weighted by atomic mass is 16.5. The van der Waals surface area contributed by atoms with Crippen molar-refractivity contribution in [1.82, 2.24) is 9.88 Å². The molecule has 1 atom stereocenters. The molecule has 1 N–H and O–H groups in total. The van der Waals surface area contributed by atoms with E-state index in [1.54, 1.807) is 19.4 Å². The number of benzene rings is 1. The highest BCUT2D eigenvalue weighted by Gasteiger charge is 2.14. The Morgan fingerprint density at radius 2 is 2.14 bits per heavy atom. The monoisotopic (exact) mass is 296 g/mol. The number of nitrogens with zero attached hydrogens (tertiary/aromatic N) is 3. The Labute approximate surface area is 131 Å². The first kappa shape index (κ1) is 15.8. The largest absolute Gasteiger partial charge is 0.497 e. The maximum atomic E-state index is 8.77. The maximum Gasteiger partial charge on any atom is 0.140 e. The SMILES string of the molecule is COc1cccc(C(CNc2ccc(C#N)nc2)N(C)C)c1. The highest BCUT2D eigenvalue weighted by Crippen LogP contribution is 2.23. The third kappa shape index (κ3) is 3.96. The Morgan fingerprint density at radius 1 is 1.32 bits per heavy atom. The highest BCUT2D eigenvalue weighted by molar-refractivity contribution is 5.43. The van der Waals surface area contributed by atoms with Gasteiger partial charge in [-0.05, 0) is 43.9 Å². The van der Waals surface area contributed by atoms with Crippen molar-refractivity contribution in [2.75, 3.05) is 33.1 Å². The number of pyridine rings is 1. The summed E-state index contributed by atoms with van der Waals surface area (Å²) in [4.78, 5) is 6.21. The molecule has 1 heterocycles. The first-order valence-electron chi connectivity index (χ1n) is 7.04. The van der Waals surface area contributed by atoms with Crippen LogP contribution in [0.4, 0.5) is 5.69 Å². The molecule has 0 fully saturated rings. The Bertz CT molecular complexity index is 646. The summed E-state index contributed by atoms with van der Waals surface area (Å²) in [5, 5.41) is 12.1. The first-order valence-corrected chi connectivity index (χ1v) is 7.04. The summed E-state index contributed by atoms with van der Waals surface area (Å²) in [5.41, 5.74) is 2.50. The van der Waals surface area contributed by atoms with Crippen LogP contribution in [0, 0.1) is 11.3 Å². The van der Waals surface area contributed by atoms with E-state index in [2.05, 4.69) is 21.3 Å². The van der Waals surface area contributed by atoms with Crippen LogP contribution in [0.2, 0.25) is 0 Å². The predicted octanol–water partition coefficient (Wildman–Crippen LogP) is 2.68. The number of hydrogen-bond acceptors (Lipinski definition) is 5. The molecule has 0 aliphatic rings. The number of rotatable bonds is 6. The van der Waals surface area contributed by atoms with Crippen LogP contribution in [0.5, 0.6) is 5.75 Å². The summed E-state index contributed by atoms with van der Waals surface area (Å²) in [6.45, 7) is 0.730. The van der Waals surface area contributed by atoms with Gasteiger partial charge in [0, 0.05) is 6.54 Å². The lowest BCUT2D eigenvalue weighted by Gasteiger charge is -2.25. The average Bonchev–Trinajstić information content (AvgIpc) is 2.55. The second kappa shape index (κ2) is 7.43. The minimum atomic E-state index is 0.200. The van der Waals surface area contributed by atoms with Gasteiger partial charge in [0.15, 0.2) is 0 Å². The van der Waals surface area contributed by atoms with Crippen LogP contribution in [0.3, 0.4) is 0 Å². The predicted molar refractivity (Wildman–Crippen MR) is 86.9 cm³/mol. The molecule has 0 saturated heterocycles. The van der Waals surface area contributed by atoms with Gasteiger partial charge in [-0.25, -0.2) is 4.98 Å². The summed E-state index contributed by atoms with van der Waals surface area (Å²) in [7, 11) is 5.76. The Balaban J connectivity index is 2.09. The normalized spacial score (nSPS) is 11.8. The number of hydrogen-bond donors (Lipinski definition) is 1. The molecule has 0 spiro atoms. The summed E-state index contributed by atoms with van der Waals surface area (Å²) < 4.78 is 5.29. The van der Waals surface area contributed by atoms with Gasteiger partial charge in [0.05, 0.1) is 25.0 Å².